The van der Waals surface area contributed by atoms with Gasteiger partial charge in [0.1, 0.15) is 5.75 Å². The summed E-state index contributed by atoms with van der Waals surface area (Å²) in [4.78, 5) is 0. The minimum absolute atomic E-state index is 0.296. The smallest absolute Gasteiger partial charge is 0.123 e. The Morgan fingerprint density at radius 2 is 1.81 bits per heavy atom. The molecule has 2 nitrogen and oxygen atoms in total. The minimum Gasteiger partial charge on any atom is -0.507 e. The van der Waals surface area contributed by atoms with Gasteiger partial charge < -0.3 is 10.8 Å². The molecule has 0 aliphatic heterocycles. The van der Waals surface area contributed by atoms with Crippen LogP contribution in [0.5, 0.6) is 5.75 Å². The molecule has 0 saturated carbocycles. The summed E-state index contributed by atoms with van der Waals surface area (Å²) in [6, 6.07) is 15.5. The second-order valence-corrected chi connectivity index (χ2v) is 5.51. The number of nitrogens with two attached hydrogens (primary N) is 1. The molecule has 1 aliphatic rings. The van der Waals surface area contributed by atoms with Crippen LogP contribution in [0.15, 0.2) is 66.4 Å². The van der Waals surface area contributed by atoms with E-state index in [1.165, 1.54) is 0 Å². The van der Waals surface area contributed by atoms with E-state index in [-0.39, 0.29) is 0 Å². The zero-order chi connectivity index (χ0) is 14.8. The van der Waals surface area contributed by atoms with Crippen molar-refractivity contribution < 1.29 is 5.11 Å². The minimum atomic E-state index is 0.296. The van der Waals surface area contributed by atoms with Crippen LogP contribution in [0.1, 0.15) is 18.9 Å². The first-order valence-corrected chi connectivity index (χ1v) is 7.22. The van der Waals surface area contributed by atoms with E-state index in [9.17, 15) is 5.11 Å². The van der Waals surface area contributed by atoms with Gasteiger partial charge in [0.25, 0.3) is 0 Å². The van der Waals surface area contributed by atoms with Crippen molar-refractivity contribution in [1.82, 2.24) is 0 Å². The zero-order valence-electron chi connectivity index (χ0n) is 12.1. The van der Waals surface area contributed by atoms with Crippen molar-refractivity contribution in [2.45, 2.75) is 13.3 Å². The van der Waals surface area contributed by atoms with Gasteiger partial charge in [-0.1, -0.05) is 55.5 Å². The first-order chi connectivity index (χ1) is 10.2. The highest BCUT2D eigenvalue weighted by molar-refractivity contribution is 5.81. The predicted molar refractivity (Wildman–Crippen MR) is 87.6 cm³/mol. The number of hydrogen-bond acceptors (Lipinski definition) is 2. The predicted octanol–water partition coefficient (Wildman–Crippen LogP) is 4.33. The molecule has 0 saturated heterocycles. The monoisotopic (exact) mass is 277 g/mol. The molecule has 2 aromatic carbocycles. The Labute approximate surface area is 125 Å². The van der Waals surface area contributed by atoms with Gasteiger partial charge in [0, 0.05) is 16.8 Å². The van der Waals surface area contributed by atoms with Crippen LogP contribution in [0.25, 0.3) is 16.7 Å². The molecule has 1 aliphatic carbocycles. The second-order valence-electron chi connectivity index (χ2n) is 5.51. The molecule has 0 fully saturated rings. The first-order valence-electron chi connectivity index (χ1n) is 7.22. The zero-order valence-corrected chi connectivity index (χ0v) is 12.1. The van der Waals surface area contributed by atoms with Gasteiger partial charge in [0.05, 0.1) is 0 Å². The molecule has 0 radical (unpaired) electrons. The van der Waals surface area contributed by atoms with Gasteiger partial charge in [-0.05, 0) is 35.6 Å². The summed E-state index contributed by atoms with van der Waals surface area (Å²) in [7, 11) is 0. The molecule has 0 amide bonds. The summed E-state index contributed by atoms with van der Waals surface area (Å²) < 4.78 is 0. The van der Waals surface area contributed by atoms with Crippen molar-refractivity contribution >= 4 is 5.57 Å². The topological polar surface area (TPSA) is 46.2 Å². The number of hydrogen-bond donors (Lipinski definition) is 2. The van der Waals surface area contributed by atoms with Crippen molar-refractivity contribution in [2.75, 3.05) is 0 Å². The third-order valence-corrected chi connectivity index (χ3v) is 4.00. The maximum atomic E-state index is 10.0. The van der Waals surface area contributed by atoms with E-state index in [2.05, 4.69) is 31.2 Å². The van der Waals surface area contributed by atoms with Crippen molar-refractivity contribution in [2.24, 2.45) is 11.7 Å². The summed E-state index contributed by atoms with van der Waals surface area (Å²) in [5.74, 6) is 0.669. The van der Waals surface area contributed by atoms with Crippen molar-refractivity contribution in [3.63, 3.8) is 0 Å². The highest BCUT2D eigenvalue weighted by atomic mass is 16.3. The Morgan fingerprint density at radius 1 is 1.05 bits per heavy atom. The normalized spacial score (nSPS) is 18.0. The Hall–Kier alpha value is -2.48. The molecule has 2 heteroatoms. The summed E-state index contributed by atoms with van der Waals surface area (Å²) in [5, 5.41) is 10.0. The lowest BCUT2D eigenvalue weighted by atomic mass is 9.89. The summed E-state index contributed by atoms with van der Waals surface area (Å²) in [5.41, 5.74) is 11.2. The second kappa shape index (κ2) is 5.49. The molecular formula is C19H19NO. The fourth-order valence-electron chi connectivity index (χ4n) is 2.71. The summed E-state index contributed by atoms with van der Waals surface area (Å²) in [6.45, 7) is 2.14. The van der Waals surface area contributed by atoms with Gasteiger partial charge in [0.2, 0.25) is 0 Å². The Morgan fingerprint density at radius 3 is 2.62 bits per heavy atom. The van der Waals surface area contributed by atoms with Crippen LogP contribution in [-0.2, 0) is 0 Å². The van der Waals surface area contributed by atoms with Crippen molar-refractivity contribution in [3.05, 3.63) is 71.9 Å². The summed E-state index contributed by atoms with van der Waals surface area (Å²) in [6.07, 6.45) is 5.26. The quantitative estimate of drug-likeness (QED) is 0.858. The van der Waals surface area contributed by atoms with Crippen molar-refractivity contribution in [3.8, 4) is 16.9 Å². The fourth-order valence-corrected chi connectivity index (χ4v) is 2.71. The van der Waals surface area contributed by atoms with E-state index in [1.54, 1.807) is 6.07 Å². The van der Waals surface area contributed by atoms with Crippen LogP contribution >= 0.6 is 0 Å². The first kappa shape index (κ1) is 13.5. The van der Waals surface area contributed by atoms with Gasteiger partial charge in [-0.25, -0.2) is 0 Å². The van der Waals surface area contributed by atoms with Crippen LogP contribution < -0.4 is 5.73 Å². The molecule has 0 heterocycles. The SMILES string of the molecule is CC1CC=CC(c2cccc(-c3ccccc3O)c2)=C1N. The van der Waals surface area contributed by atoms with Crippen LogP contribution in [0.4, 0.5) is 0 Å². The lowest BCUT2D eigenvalue weighted by Crippen LogP contribution is -2.13. The lowest BCUT2D eigenvalue weighted by molar-refractivity contribution is 0.477. The van der Waals surface area contributed by atoms with E-state index in [0.717, 1.165) is 34.4 Å². The van der Waals surface area contributed by atoms with Gasteiger partial charge >= 0.3 is 0 Å². The molecule has 0 spiro atoms. The average Bonchev–Trinajstić information content (AvgIpc) is 2.51. The number of benzene rings is 2. The highest BCUT2D eigenvalue weighted by Crippen LogP contribution is 2.33. The average molecular weight is 277 g/mol. The Bertz CT molecular complexity index is 728. The van der Waals surface area contributed by atoms with Crippen LogP contribution in [-0.4, -0.2) is 5.11 Å². The largest absolute Gasteiger partial charge is 0.507 e. The number of aromatic hydroxyl groups is 1. The molecule has 3 N–H and O–H groups in total. The number of para-hydroxylation sites is 1. The van der Waals surface area contributed by atoms with Gasteiger partial charge in [-0.3, -0.25) is 0 Å². The van der Waals surface area contributed by atoms with Gasteiger partial charge in [-0.15, -0.1) is 0 Å². The molecule has 1 unspecified atom stereocenters. The van der Waals surface area contributed by atoms with E-state index < -0.39 is 0 Å². The van der Waals surface area contributed by atoms with Crippen molar-refractivity contribution in [1.29, 1.82) is 0 Å². The van der Waals surface area contributed by atoms with Gasteiger partial charge in [0.15, 0.2) is 0 Å². The van der Waals surface area contributed by atoms with E-state index in [0.29, 0.717) is 11.7 Å². The Balaban J connectivity index is 2.08. The number of allylic oxidation sites excluding steroid dienone is 4. The van der Waals surface area contributed by atoms with E-state index in [4.69, 9.17) is 5.73 Å². The van der Waals surface area contributed by atoms with Crippen LogP contribution in [0.3, 0.4) is 0 Å². The van der Waals surface area contributed by atoms with Crippen LogP contribution in [0, 0.1) is 5.92 Å². The summed E-state index contributed by atoms with van der Waals surface area (Å²) >= 11 is 0. The van der Waals surface area contributed by atoms with Gasteiger partial charge in [-0.2, -0.15) is 0 Å². The number of phenols is 1. The molecule has 2 aromatic rings. The maximum absolute atomic E-state index is 10.0. The van der Waals surface area contributed by atoms with E-state index in [1.807, 2.05) is 30.3 Å². The molecule has 0 aromatic heterocycles. The Kier molecular flexibility index (Phi) is 3.53. The maximum Gasteiger partial charge on any atom is 0.123 e. The standard InChI is InChI=1S/C19H19NO/c1-13-6-4-10-17(19(13)20)15-8-5-7-14(12-15)16-9-2-3-11-18(16)21/h2-5,7-13,21H,6,20H2,1H3. The number of phenolic OH excluding ortho intramolecular Hbond substituents is 1. The third kappa shape index (κ3) is 2.57. The molecule has 21 heavy (non-hydrogen) atoms. The molecule has 106 valence electrons. The molecule has 0 bridgehead atoms. The molecule has 3 rings (SSSR count). The lowest BCUT2D eigenvalue weighted by Gasteiger charge is -2.19. The number of rotatable bonds is 2. The molecular weight excluding hydrogens is 258 g/mol. The third-order valence-electron chi connectivity index (χ3n) is 4.00. The fraction of sp³-hybridized carbons (Fsp3) is 0.158. The highest BCUT2D eigenvalue weighted by Gasteiger charge is 2.14. The van der Waals surface area contributed by atoms with Crippen LogP contribution in [0.2, 0.25) is 0 Å². The van der Waals surface area contributed by atoms with E-state index >= 15 is 0 Å². The molecule has 1 atom stereocenters.